The third kappa shape index (κ3) is 3.51. The molecule has 0 fully saturated rings. The summed E-state index contributed by atoms with van der Waals surface area (Å²) >= 11 is 0. The third-order valence-corrected chi connectivity index (χ3v) is 2.95. The van der Waals surface area contributed by atoms with Gasteiger partial charge in [0.15, 0.2) is 0 Å². The smallest absolute Gasteiger partial charge is 0.124 e. The normalized spacial score (nSPS) is 10.1. The Morgan fingerprint density at radius 2 is 1.75 bits per heavy atom. The van der Waals surface area contributed by atoms with Gasteiger partial charge in [0.2, 0.25) is 0 Å². The van der Waals surface area contributed by atoms with Crippen molar-refractivity contribution in [1.82, 2.24) is 0 Å². The maximum atomic E-state index is 7.49. The number of benzene rings is 2. The molecule has 0 saturated heterocycles. The van der Waals surface area contributed by atoms with Gasteiger partial charge in [0.25, 0.3) is 0 Å². The van der Waals surface area contributed by atoms with Gasteiger partial charge in [-0.1, -0.05) is 29.8 Å². The molecule has 0 spiro atoms. The number of aryl methyl sites for hydroxylation is 1. The summed E-state index contributed by atoms with van der Waals surface area (Å²) in [5, 5.41) is 7.49. The summed E-state index contributed by atoms with van der Waals surface area (Å²) in [5.41, 5.74) is 8.39. The Morgan fingerprint density at radius 1 is 1.10 bits per heavy atom. The number of nitrogens with one attached hydrogen (secondary N) is 1. The lowest BCUT2D eigenvalue weighted by atomic mass is 10.1. The summed E-state index contributed by atoms with van der Waals surface area (Å²) in [5.74, 6) is 1.25. The van der Waals surface area contributed by atoms with E-state index in [0.29, 0.717) is 23.7 Å². The standard InChI is InChI=1S/C16H18N2O2/c1-11-3-5-12(6-4-11)10-20-15-8-13(16(17)18)7-14(9-15)19-2/h3-9H,10H2,1-2H3,(H3,17,18). The van der Waals surface area contributed by atoms with Crippen molar-refractivity contribution in [3.8, 4) is 11.5 Å². The molecule has 0 heterocycles. The largest absolute Gasteiger partial charge is 0.497 e. The van der Waals surface area contributed by atoms with Crippen molar-refractivity contribution in [2.75, 3.05) is 7.11 Å². The molecule has 0 unspecified atom stereocenters. The SMILES string of the molecule is COc1cc(OCc2ccc(C)cc2)cc(C(=N)N)c1. The molecule has 0 saturated carbocycles. The van der Waals surface area contributed by atoms with Gasteiger partial charge in [-0.15, -0.1) is 0 Å². The van der Waals surface area contributed by atoms with Gasteiger partial charge in [0, 0.05) is 11.6 Å². The summed E-state index contributed by atoms with van der Waals surface area (Å²) in [7, 11) is 1.57. The molecule has 20 heavy (non-hydrogen) atoms. The average Bonchev–Trinajstić information content (AvgIpc) is 2.46. The van der Waals surface area contributed by atoms with Gasteiger partial charge in [0.05, 0.1) is 7.11 Å². The van der Waals surface area contributed by atoms with E-state index in [2.05, 4.69) is 0 Å². The number of nitrogen functional groups attached to an aromatic ring is 1. The van der Waals surface area contributed by atoms with Crippen molar-refractivity contribution in [3.63, 3.8) is 0 Å². The number of nitrogens with two attached hydrogens (primary N) is 1. The zero-order chi connectivity index (χ0) is 14.5. The highest BCUT2D eigenvalue weighted by molar-refractivity contribution is 5.95. The second kappa shape index (κ2) is 6.10. The van der Waals surface area contributed by atoms with Gasteiger partial charge >= 0.3 is 0 Å². The number of amidine groups is 1. The second-order valence-corrected chi connectivity index (χ2v) is 4.59. The summed E-state index contributed by atoms with van der Waals surface area (Å²) in [6, 6.07) is 13.4. The van der Waals surface area contributed by atoms with Gasteiger partial charge in [-0.05, 0) is 24.6 Å². The Balaban J connectivity index is 2.14. The number of ether oxygens (including phenoxy) is 2. The predicted octanol–water partition coefficient (Wildman–Crippen LogP) is 2.87. The Labute approximate surface area is 118 Å². The van der Waals surface area contributed by atoms with Crippen LogP contribution in [0.3, 0.4) is 0 Å². The molecule has 0 aliphatic carbocycles. The van der Waals surface area contributed by atoms with Crippen molar-refractivity contribution in [2.24, 2.45) is 5.73 Å². The van der Waals surface area contributed by atoms with Gasteiger partial charge in [0.1, 0.15) is 23.9 Å². The van der Waals surface area contributed by atoms with Gasteiger partial charge < -0.3 is 15.2 Å². The van der Waals surface area contributed by atoms with Crippen LogP contribution in [0, 0.1) is 12.3 Å². The molecular formula is C16H18N2O2. The molecule has 0 aliphatic rings. The highest BCUT2D eigenvalue weighted by Gasteiger charge is 2.05. The zero-order valence-electron chi connectivity index (χ0n) is 11.6. The Bertz CT molecular complexity index is 606. The number of hydrogen-bond acceptors (Lipinski definition) is 3. The van der Waals surface area contributed by atoms with Crippen LogP contribution in [0.1, 0.15) is 16.7 Å². The number of methoxy groups -OCH3 is 1. The van der Waals surface area contributed by atoms with Crippen molar-refractivity contribution < 1.29 is 9.47 Å². The molecule has 4 heteroatoms. The van der Waals surface area contributed by atoms with Crippen molar-refractivity contribution in [1.29, 1.82) is 5.41 Å². The van der Waals surface area contributed by atoms with Crippen LogP contribution in [-0.4, -0.2) is 12.9 Å². The Hall–Kier alpha value is -2.49. The fourth-order valence-corrected chi connectivity index (χ4v) is 1.78. The summed E-state index contributed by atoms with van der Waals surface area (Å²) in [6.45, 7) is 2.51. The van der Waals surface area contributed by atoms with E-state index in [1.54, 1.807) is 25.3 Å². The first-order valence-corrected chi connectivity index (χ1v) is 6.30. The Kier molecular flexibility index (Phi) is 4.25. The van der Waals surface area contributed by atoms with Gasteiger partial charge in [-0.3, -0.25) is 5.41 Å². The van der Waals surface area contributed by atoms with Crippen LogP contribution in [0.2, 0.25) is 0 Å². The second-order valence-electron chi connectivity index (χ2n) is 4.59. The molecule has 2 rings (SSSR count). The minimum absolute atomic E-state index is 0.0101. The molecule has 2 aromatic rings. The van der Waals surface area contributed by atoms with E-state index in [0.717, 1.165) is 5.56 Å². The molecule has 2 aromatic carbocycles. The fourth-order valence-electron chi connectivity index (χ4n) is 1.78. The van der Waals surface area contributed by atoms with Crippen molar-refractivity contribution in [3.05, 3.63) is 59.2 Å². The van der Waals surface area contributed by atoms with Crippen molar-refractivity contribution >= 4 is 5.84 Å². The first-order valence-electron chi connectivity index (χ1n) is 6.30. The van der Waals surface area contributed by atoms with Gasteiger partial charge in [-0.25, -0.2) is 0 Å². The topological polar surface area (TPSA) is 68.3 Å². The molecule has 3 N–H and O–H groups in total. The van der Waals surface area contributed by atoms with E-state index >= 15 is 0 Å². The van der Waals surface area contributed by atoms with E-state index in [-0.39, 0.29) is 5.84 Å². The zero-order valence-corrected chi connectivity index (χ0v) is 11.6. The fraction of sp³-hybridized carbons (Fsp3) is 0.188. The first-order chi connectivity index (χ1) is 9.58. The van der Waals surface area contributed by atoms with E-state index in [1.807, 2.05) is 31.2 Å². The lowest BCUT2D eigenvalue weighted by Crippen LogP contribution is -2.11. The molecular weight excluding hydrogens is 252 g/mol. The summed E-state index contributed by atoms with van der Waals surface area (Å²) in [4.78, 5) is 0. The molecule has 0 atom stereocenters. The van der Waals surface area contributed by atoms with Crippen LogP contribution in [0.25, 0.3) is 0 Å². The first kappa shape index (κ1) is 13.9. The predicted molar refractivity (Wildman–Crippen MR) is 79.5 cm³/mol. The quantitative estimate of drug-likeness (QED) is 0.648. The van der Waals surface area contributed by atoms with E-state index in [1.165, 1.54) is 5.56 Å². The summed E-state index contributed by atoms with van der Waals surface area (Å²) < 4.78 is 10.9. The van der Waals surface area contributed by atoms with Crippen LogP contribution >= 0.6 is 0 Å². The molecule has 104 valence electrons. The van der Waals surface area contributed by atoms with E-state index < -0.39 is 0 Å². The number of hydrogen-bond donors (Lipinski definition) is 2. The minimum atomic E-state index is -0.0101. The lowest BCUT2D eigenvalue weighted by molar-refractivity contribution is 0.303. The third-order valence-electron chi connectivity index (χ3n) is 2.95. The van der Waals surface area contributed by atoms with Crippen molar-refractivity contribution in [2.45, 2.75) is 13.5 Å². The molecule has 4 nitrogen and oxygen atoms in total. The maximum absolute atomic E-state index is 7.49. The minimum Gasteiger partial charge on any atom is -0.497 e. The van der Waals surface area contributed by atoms with Crippen LogP contribution in [0.5, 0.6) is 11.5 Å². The highest BCUT2D eigenvalue weighted by Crippen LogP contribution is 2.23. The number of rotatable bonds is 5. The molecule has 0 amide bonds. The Morgan fingerprint density at radius 3 is 2.35 bits per heavy atom. The molecule has 0 aliphatic heterocycles. The highest BCUT2D eigenvalue weighted by atomic mass is 16.5. The van der Waals surface area contributed by atoms with E-state index in [4.69, 9.17) is 20.6 Å². The maximum Gasteiger partial charge on any atom is 0.124 e. The molecule has 0 aromatic heterocycles. The molecule has 0 radical (unpaired) electrons. The lowest BCUT2D eigenvalue weighted by Gasteiger charge is -2.10. The van der Waals surface area contributed by atoms with Crippen LogP contribution in [-0.2, 0) is 6.61 Å². The van der Waals surface area contributed by atoms with Crippen LogP contribution in [0.15, 0.2) is 42.5 Å². The van der Waals surface area contributed by atoms with Crippen LogP contribution < -0.4 is 15.2 Å². The van der Waals surface area contributed by atoms with Crippen LogP contribution in [0.4, 0.5) is 0 Å². The average molecular weight is 270 g/mol. The molecule has 0 bridgehead atoms. The summed E-state index contributed by atoms with van der Waals surface area (Å²) in [6.07, 6.45) is 0. The van der Waals surface area contributed by atoms with E-state index in [9.17, 15) is 0 Å². The van der Waals surface area contributed by atoms with Gasteiger partial charge in [-0.2, -0.15) is 0 Å². The monoisotopic (exact) mass is 270 g/mol.